The average molecular weight is 597 g/mol. The third kappa shape index (κ3) is 4.78. The van der Waals surface area contributed by atoms with Gasteiger partial charge in [-0.15, -0.1) is 0 Å². The van der Waals surface area contributed by atoms with Crippen molar-refractivity contribution in [3.05, 3.63) is 193 Å². The molecule has 0 amide bonds. The third-order valence-corrected chi connectivity index (χ3v) is 9.71. The Kier molecular flexibility index (Phi) is 6.65. The highest BCUT2D eigenvalue weighted by Gasteiger charge is 2.17. The topological polar surface area (TPSA) is 0 Å². The van der Waals surface area contributed by atoms with E-state index in [-0.39, 0.29) is 0 Å². The Morgan fingerprint density at radius 3 is 1.04 bits per heavy atom. The summed E-state index contributed by atoms with van der Waals surface area (Å²) in [6.45, 7) is 0. The highest BCUT2D eigenvalue weighted by molar-refractivity contribution is 6.22. The summed E-state index contributed by atoms with van der Waals surface area (Å²) in [5.74, 6) is 0. The molecular formula is C47H32. The van der Waals surface area contributed by atoms with Gasteiger partial charge in [-0.05, 0) is 106 Å². The molecule has 10 rings (SSSR count). The van der Waals surface area contributed by atoms with Crippen LogP contribution in [0.15, 0.2) is 182 Å². The summed E-state index contributed by atoms with van der Waals surface area (Å²) < 4.78 is 0. The highest BCUT2D eigenvalue weighted by atomic mass is 14.2. The number of rotatable bonds is 2. The van der Waals surface area contributed by atoms with Gasteiger partial charge in [0.15, 0.2) is 0 Å². The van der Waals surface area contributed by atoms with Crippen molar-refractivity contribution in [2.24, 2.45) is 0 Å². The molecule has 0 radical (unpaired) electrons. The molecular weight excluding hydrogens is 565 g/mol. The van der Waals surface area contributed by atoms with Gasteiger partial charge in [0.05, 0.1) is 0 Å². The van der Waals surface area contributed by atoms with E-state index < -0.39 is 0 Å². The molecule has 0 unspecified atom stereocenters. The molecule has 0 aliphatic heterocycles. The van der Waals surface area contributed by atoms with Gasteiger partial charge in [-0.25, -0.2) is 0 Å². The van der Waals surface area contributed by atoms with E-state index in [1.54, 1.807) is 0 Å². The number of fused-ring (bicyclic) bond motifs is 7. The predicted octanol–water partition coefficient (Wildman–Crippen LogP) is 12.9. The van der Waals surface area contributed by atoms with Gasteiger partial charge in [-0.1, -0.05) is 170 Å². The van der Waals surface area contributed by atoms with E-state index in [0.29, 0.717) is 0 Å². The summed E-state index contributed by atoms with van der Waals surface area (Å²) >= 11 is 0. The first-order valence-electron chi connectivity index (χ1n) is 16.4. The van der Waals surface area contributed by atoms with E-state index >= 15 is 0 Å². The third-order valence-electron chi connectivity index (χ3n) is 9.71. The van der Waals surface area contributed by atoms with Gasteiger partial charge in [-0.3, -0.25) is 0 Å². The van der Waals surface area contributed by atoms with Crippen molar-refractivity contribution >= 4 is 43.1 Å². The van der Waals surface area contributed by atoms with Crippen LogP contribution in [0.1, 0.15) is 11.1 Å². The average Bonchev–Trinajstić information content (AvgIpc) is 3.52. The summed E-state index contributed by atoms with van der Waals surface area (Å²) in [6, 6.07) is 65.9. The molecule has 0 N–H and O–H groups in total. The van der Waals surface area contributed by atoms with E-state index in [2.05, 4.69) is 182 Å². The van der Waals surface area contributed by atoms with Gasteiger partial charge in [0.1, 0.15) is 0 Å². The van der Waals surface area contributed by atoms with Crippen molar-refractivity contribution in [1.29, 1.82) is 0 Å². The minimum atomic E-state index is 1.10. The number of hydrogen-bond acceptors (Lipinski definition) is 0. The zero-order valence-electron chi connectivity index (χ0n) is 26.0. The Bertz CT molecular complexity index is 2370. The van der Waals surface area contributed by atoms with Gasteiger partial charge in [-0.2, -0.15) is 0 Å². The largest absolute Gasteiger partial charge is 0.0619 e. The van der Waals surface area contributed by atoms with Crippen LogP contribution in [0.25, 0.3) is 76.5 Å². The molecule has 9 aromatic rings. The van der Waals surface area contributed by atoms with Gasteiger partial charge >= 0.3 is 0 Å². The molecule has 1 aliphatic rings. The minimum absolute atomic E-state index is 1.10. The minimum Gasteiger partial charge on any atom is -0.0619 e. The molecule has 0 saturated heterocycles. The normalized spacial score (nSPS) is 11.7. The summed E-state index contributed by atoms with van der Waals surface area (Å²) in [4.78, 5) is 0. The quantitative estimate of drug-likeness (QED) is 0.174. The van der Waals surface area contributed by atoms with Crippen LogP contribution in [0, 0.1) is 0 Å². The number of benzene rings is 9. The van der Waals surface area contributed by atoms with E-state index in [1.807, 2.05) is 0 Å². The lowest BCUT2D eigenvalue weighted by Gasteiger charge is -2.18. The van der Waals surface area contributed by atoms with E-state index in [9.17, 15) is 0 Å². The van der Waals surface area contributed by atoms with E-state index in [1.165, 1.54) is 87.6 Å². The lowest BCUT2D eigenvalue weighted by molar-refractivity contribution is 1.26. The molecule has 0 saturated carbocycles. The molecule has 47 heavy (non-hydrogen) atoms. The summed E-state index contributed by atoms with van der Waals surface area (Å²) in [6.07, 6.45) is 1.10. The molecule has 0 fully saturated rings. The van der Waals surface area contributed by atoms with Gasteiger partial charge < -0.3 is 0 Å². The molecule has 0 bridgehead atoms. The van der Waals surface area contributed by atoms with Crippen molar-refractivity contribution in [3.63, 3.8) is 0 Å². The van der Waals surface area contributed by atoms with Crippen molar-refractivity contribution in [1.82, 2.24) is 0 Å². The van der Waals surface area contributed by atoms with Crippen molar-refractivity contribution in [3.8, 4) is 33.4 Å². The Morgan fingerprint density at radius 2 is 0.617 bits per heavy atom. The molecule has 0 aromatic heterocycles. The zero-order chi connectivity index (χ0) is 31.2. The molecule has 9 aromatic carbocycles. The van der Waals surface area contributed by atoms with Crippen LogP contribution in [-0.4, -0.2) is 0 Å². The summed E-state index contributed by atoms with van der Waals surface area (Å²) in [5, 5.41) is 10.2. The second kappa shape index (κ2) is 11.4. The monoisotopic (exact) mass is 596 g/mol. The van der Waals surface area contributed by atoms with Gasteiger partial charge in [0.25, 0.3) is 0 Å². The van der Waals surface area contributed by atoms with Crippen LogP contribution in [-0.2, 0) is 6.42 Å². The van der Waals surface area contributed by atoms with Crippen LogP contribution < -0.4 is 0 Å². The van der Waals surface area contributed by atoms with Crippen LogP contribution in [0.4, 0.5) is 0 Å². The smallest absolute Gasteiger partial charge is 0.00135 e. The van der Waals surface area contributed by atoms with E-state index in [0.717, 1.165) is 6.42 Å². The Morgan fingerprint density at radius 1 is 0.277 bits per heavy atom. The summed E-state index contributed by atoms with van der Waals surface area (Å²) in [7, 11) is 0. The molecule has 0 spiro atoms. The standard InChI is InChI=1S/C34H22.C13H10/c1-3-11-25-21-27(19-17-23(25)9-1)33-29-13-5-7-15-31(29)34(32-16-8-6-14-30(32)33)28-20-18-24-10-2-4-12-26(24)22-28;1-3-7-12-10(5-1)9-11-6-2-4-8-13(11)12/h1-22H;1-8H,9H2. The number of hydrogen-bond donors (Lipinski definition) is 0. The Balaban J connectivity index is 0.000000193. The maximum Gasteiger partial charge on any atom is -0.00135 e. The first kappa shape index (κ1) is 27.3. The molecule has 0 heterocycles. The molecule has 220 valence electrons. The maximum atomic E-state index is 2.33. The van der Waals surface area contributed by atoms with Crippen LogP contribution in [0.3, 0.4) is 0 Å². The highest BCUT2D eigenvalue weighted by Crippen LogP contribution is 2.44. The SMILES string of the molecule is c1ccc2c(c1)Cc1ccccc1-2.c1ccc2cc(-c3c4ccccc4c(-c4ccc5ccccc5c4)c4ccccc34)ccc2c1. The van der Waals surface area contributed by atoms with Crippen LogP contribution >= 0.6 is 0 Å². The van der Waals surface area contributed by atoms with Crippen molar-refractivity contribution in [2.75, 3.05) is 0 Å². The second-order valence-corrected chi connectivity index (χ2v) is 12.5. The first-order valence-corrected chi connectivity index (χ1v) is 16.4. The van der Waals surface area contributed by atoms with E-state index in [4.69, 9.17) is 0 Å². The molecule has 0 nitrogen and oxygen atoms in total. The molecule has 1 aliphatic carbocycles. The van der Waals surface area contributed by atoms with Crippen molar-refractivity contribution < 1.29 is 0 Å². The maximum absolute atomic E-state index is 2.33. The zero-order valence-corrected chi connectivity index (χ0v) is 26.0. The molecule has 0 heteroatoms. The lowest BCUT2D eigenvalue weighted by atomic mass is 9.85. The fraction of sp³-hybridized carbons (Fsp3) is 0.0213. The fourth-order valence-electron chi connectivity index (χ4n) is 7.52. The fourth-order valence-corrected chi connectivity index (χ4v) is 7.52. The van der Waals surface area contributed by atoms with Gasteiger partial charge in [0, 0.05) is 0 Å². The molecule has 0 atom stereocenters. The summed E-state index contributed by atoms with van der Waals surface area (Å²) in [5.41, 5.74) is 10.9. The van der Waals surface area contributed by atoms with Crippen molar-refractivity contribution in [2.45, 2.75) is 6.42 Å². The second-order valence-electron chi connectivity index (χ2n) is 12.5. The predicted molar refractivity (Wildman–Crippen MR) is 202 cm³/mol. The Hall–Kier alpha value is -5.98. The van der Waals surface area contributed by atoms with Crippen LogP contribution in [0.5, 0.6) is 0 Å². The first-order chi connectivity index (χ1) is 23.3. The lowest BCUT2D eigenvalue weighted by Crippen LogP contribution is -1.91. The Labute approximate surface area is 275 Å². The van der Waals surface area contributed by atoms with Gasteiger partial charge in [0.2, 0.25) is 0 Å². The van der Waals surface area contributed by atoms with Crippen LogP contribution in [0.2, 0.25) is 0 Å².